The van der Waals surface area contributed by atoms with Gasteiger partial charge in [0.15, 0.2) is 5.82 Å². The van der Waals surface area contributed by atoms with Crippen molar-refractivity contribution >= 4 is 11.4 Å². The van der Waals surface area contributed by atoms with E-state index in [1.807, 2.05) is 4.90 Å². The Balaban J connectivity index is 2.21. The van der Waals surface area contributed by atoms with E-state index in [0.29, 0.717) is 18.8 Å². The molecule has 2 rings (SSSR count). The molecule has 1 fully saturated rings. The summed E-state index contributed by atoms with van der Waals surface area (Å²) in [6.07, 6.45) is 1.69. The number of rotatable bonds is 2. The molecule has 0 atom stereocenters. The lowest BCUT2D eigenvalue weighted by atomic mass is 10.1. The van der Waals surface area contributed by atoms with Gasteiger partial charge in [0.05, 0.1) is 16.7 Å². The molecule has 1 aromatic rings. The Morgan fingerprint density at radius 2 is 2.00 bits per heavy atom. The molecule has 1 aliphatic heterocycles. The van der Waals surface area contributed by atoms with E-state index < -0.39 is 10.7 Å². The molecular formula is C12H13FN2O2. The lowest BCUT2D eigenvalue weighted by molar-refractivity contribution is -0.385. The van der Waals surface area contributed by atoms with Crippen molar-refractivity contribution in [3.8, 4) is 0 Å². The van der Waals surface area contributed by atoms with Crippen LogP contribution in [0.3, 0.4) is 0 Å². The highest BCUT2D eigenvalue weighted by molar-refractivity contribution is 5.53. The van der Waals surface area contributed by atoms with Crippen LogP contribution in [0.1, 0.15) is 12.8 Å². The van der Waals surface area contributed by atoms with Gasteiger partial charge in [-0.15, -0.1) is 0 Å². The molecule has 1 saturated heterocycles. The first-order valence-corrected chi connectivity index (χ1v) is 5.43. The maximum atomic E-state index is 13.7. The largest absolute Gasteiger partial charge is 0.369 e. The molecule has 1 heterocycles. The molecule has 5 heteroatoms. The van der Waals surface area contributed by atoms with Gasteiger partial charge in [-0.3, -0.25) is 10.1 Å². The van der Waals surface area contributed by atoms with Crippen molar-refractivity contribution in [2.75, 3.05) is 18.0 Å². The molecule has 0 aliphatic carbocycles. The second kappa shape index (κ2) is 4.53. The monoisotopic (exact) mass is 236 g/mol. The first-order chi connectivity index (χ1) is 8.08. The van der Waals surface area contributed by atoms with Gasteiger partial charge >= 0.3 is 0 Å². The SMILES string of the molecule is C=C1CCN(c2ccc([N+](=O)[O-])cc2F)CC1. The molecule has 90 valence electrons. The summed E-state index contributed by atoms with van der Waals surface area (Å²) < 4.78 is 13.7. The lowest BCUT2D eigenvalue weighted by Crippen LogP contribution is -2.30. The lowest BCUT2D eigenvalue weighted by Gasteiger charge is -2.30. The maximum absolute atomic E-state index is 13.7. The molecule has 1 aliphatic rings. The minimum atomic E-state index is -0.592. The van der Waals surface area contributed by atoms with E-state index in [4.69, 9.17) is 0 Å². The zero-order valence-electron chi connectivity index (χ0n) is 9.36. The molecule has 0 amide bonds. The summed E-state index contributed by atoms with van der Waals surface area (Å²) in [6.45, 7) is 5.32. The number of anilines is 1. The molecule has 0 N–H and O–H groups in total. The Kier molecular flexibility index (Phi) is 3.08. The topological polar surface area (TPSA) is 46.4 Å². The van der Waals surface area contributed by atoms with E-state index >= 15 is 0 Å². The third kappa shape index (κ3) is 2.43. The van der Waals surface area contributed by atoms with Crippen LogP contribution in [0.25, 0.3) is 0 Å². The molecular weight excluding hydrogens is 223 g/mol. The number of nitrogens with zero attached hydrogens (tertiary/aromatic N) is 2. The molecule has 0 unspecified atom stereocenters. The van der Waals surface area contributed by atoms with Crippen LogP contribution in [-0.4, -0.2) is 18.0 Å². The fourth-order valence-corrected chi connectivity index (χ4v) is 1.93. The summed E-state index contributed by atoms with van der Waals surface area (Å²) in [5, 5.41) is 10.5. The molecule has 0 saturated carbocycles. The van der Waals surface area contributed by atoms with Crippen LogP contribution in [0.2, 0.25) is 0 Å². The second-order valence-corrected chi connectivity index (χ2v) is 4.13. The Bertz CT molecular complexity index is 464. The highest BCUT2D eigenvalue weighted by Gasteiger charge is 2.18. The summed E-state index contributed by atoms with van der Waals surface area (Å²) in [6, 6.07) is 3.78. The minimum absolute atomic E-state index is 0.215. The van der Waals surface area contributed by atoms with Gasteiger partial charge in [-0.05, 0) is 18.9 Å². The average molecular weight is 236 g/mol. The van der Waals surface area contributed by atoms with Crippen molar-refractivity contribution in [2.24, 2.45) is 0 Å². The summed E-state index contributed by atoms with van der Waals surface area (Å²) in [7, 11) is 0. The number of hydrogen-bond donors (Lipinski definition) is 0. The number of piperidine rings is 1. The van der Waals surface area contributed by atoms with Crippen LogP contribution in [0.15, 0.2) is 30.4 Å². The Morgan fingerprint density at radius 1 is 1.35 bits per heavy atom. The zero-order valence-corrected chi connectivity index (χ0v) is 9.36. The Labute approximate surface area is 98.5 Å². The highest BCUT2D eigenvalue weighted by Crippen LogP contribution is 2.27. The second-order valence-electron chi connectivity index (χ2n) is 4.13. The number of nitro benzene ring substituents is 1. The number of nitro groups is 1. The summed E-state index contributed by atoms with van der Waals surface area (Å²) >= 11 is 0. The summed E-state index contributed by atoms with van der Waals surface area (Å²) in [5.74, 6) is -0.535. The third-order valence-corrected chi connectivity index (χ3v) is 2.95. The van der Waals surface area contributed by atoms with E-state index in [-0.39, 0.29) is 5.69 Å². The highest BCUT2D eigenvalue weighted by atomic mass is 19.1. The molecule has 17 heavy (non-hydrogen) atoms. The summed E-state index contributed by atoms with van der Waals surface area (Å²) in [5.41, 5.74) is 1.39. The van der Waals surface area contributed by atoms with E-state index in [1.165, 1.54) is 17.7 Å². The van der Waals surface area contributed by atoms with Crippen LogP contribution in [-0.2, 0) is 0 Å². The normalized spacial score (nSPS) is 16.1. The Hall–Kier alpha value is -1.91. The van der Waals surface area contributed by atoms with Gasteiger partial charge in [0.25, 0.3) is 5.69 Å². The summed E-state index contributed by atoms with van der Waals surface area (Å²) in [4.78, 5) is 11.8. The van der Waals surface area contributed by atoms with Crippen LogP contribution >= 0.6 is 0 Å². The number of halogens is 1. The van der Waals surface area contributed by atoms with Crippen molar-refractivity contribution in [3.05, 3.63) is 46.3 Å². The first kappa shape index (κ1) is 11.6. The van der Waals surface area contributed by atoms with Gasteiger partial charge < -0.3 is 4.90 Å². The van der Waals surface area contributed by atoms with E-state index in [9.17, 15) is 14.5 Å². The average Bonchev–Trinajstić information content (AvgIpc) is 2.30. The van der Waals surface area contributed by atoms with Crippen LogP contribution in [0, 0.1) is 15.9 Å². The van der Waals surface area contributed by atoms with Crippen molar-refractivity contribution in [3.63, 3.8) is 0 Å². The van der Waals surface area contributed by atoms with Crippen molar-refractivity contribution in [2.45, 2.75) is 12.8 Å². The first-order valence-electron chi connectivity index (χ1n) is 5.43. The predicted octanol–water partition coefficient (Wildman–Crippen LogP) is 2.89. The minimum Gasteiger partial charge on any atom is -0.369 e. The fraction of sp³-hybridized carbons (Fsp3) is 0.333. The number of hydrogen-bond acceptors (Lipinski definition) is 3. The molecule has 4 nitrogen and oxygen atoms in total. The zero-order chi connectivity index (χ0) is 12.4. The van der Waals surface area contributed by atoms with E-state index in [2.05, 4.69) is 6.58 Å². The molecule has 0 radical (unpaired) electrons. The van der Waals surface area contributed by atoms with Crippen LogP contribution in [0.4, 0.5) is 15.8 Å². The van der Waals surface area contributed by atoms with Gasteiger partial charge in [-0.2, -0.15) is 0 Å². The molecule has 0 spiro atoms. The van der Waals surface area contributed by atoms with E-state index in [0.717, 1.165) is 18.9 Å². The smallest absolute Gasteiger partial charge is 0.272 e. The van der Waals surface area contributed by atoms with Crippen LogP contribution < -0.4 is 4.90 Å². The maximum Gasteiger partial charge on any atom is 0.272 e. The van der Waals surface area contributed by atoms with Crippen molar-refractivity contribution < 1.29 is 9.31 Å². The van der Waals surface area contributed by atoms with Gasteiger partial charge in [0.1, 0.15) is 0 Å². The van der Waals surface area contributed by atoms with Gasteiger partial charge in [0, 0.05) is 19.2 Å². The molecule has 1 aromatic carbocycles. The standard InChI is InChI=1S/C12H13FN2O2/c1-9-4-6-14(7-5-9)12-3-2-10(15(16)17)8-11(12)13/h2-3,8H,1,4-7H2. The van der Waals surface area contributed by atoms with Crippen molar-refractivity contribution in [1.29, 1.82) is 0 Å². The molecule has 0 bridgehead atoms. The van der Waals surface area contributed by atoms with Crippen LogP contribution in [0.5, 0.6) is 0 Å². The Morgan fingerprint density at radius 3 is 2.53 bits per heavy atom. The number of benzene rings is 1. The quantitative estimate of drug-likeness (QED) is 0.450. The fourth-order valence-electron chi connectivity index (χ4n) is 1.93. The third-order valence-electron chi connectivity index (χ3n) is 2.95. The van der Waals surface area contributed by atoms with Gasteiger partial charge in [0.2, 0.25) is 0 Å². The van der Waals surface area contributed by atoms with E-state index in [1.54, 1.807) is 0 Å². The van der Waals surface area contributed by atoms with Gasteiger partial charge in [-0.25, -0.2) is 4.39 Å². The van der Waals surface area contributed by atoms with Crippen molar-refractivity contribution in [1.82, 2.24) is 0 Å². The molecule has 0 aromatic heterocycles. The van der Waals surface area contributed by atoms with Gasteiger partial charge in [-0.1, -0.05) is 12.2 Å². The predicted molar refractivity (Wildman–Crippen MR) is 63.6 cm³/mol. The number of non-ortho nitro benzene ring substituents is 1.